The Morgan fingerprint density at radius 3 is 2.95 bits per heavy atom. The van der Waals surface area contributed by atoms with E-state index in [1.165, 1.54) is 0 Å². The van der Waals surface area contributed by atoms with Gasteiger partial charge < -0.3 is 9.88 Å². The van der Waals surface area contributed by atoms with Crippen molar-refractivity contribution in [1.82, 2.24) is 19.3 Å². The highest BCUT2D eigenvalue weighted by molar-refractivity contribution is 7.16. The first-order valence-electron chi connectivity index (χ1n) is 6.47. The molecule has 21 heavy (non-hydrogen) atoms. The van der Waals surface area contributed by atoms with Gasteiger partial charge in [-0.3, -0.25) is 4.57 Å². The van der Waals surface area contributed by atoms with E-state index in [1.807, 2.05) is 36.0 Å². The number of hydrogen-bond acceptors (Lipinski definition) is 4. The van der Waals surface area contributed by atoms with Crippen LogP contribution in [-0.4, -0.2) is 19.3 Å². The fourth-order valence-corrected chi connectivity index (χ4v) is 3.66. The van der Waals surface area contributed by atoms with Crippen molar-refractivity contribution in [3.8, 4) is 0 Å². The van der Waals surface area contributed by atoms with Gasteiger partial charge in [0.05, 0.1) is 21.8 Å². The predicted octanol–water partition coefficient (Wildman–Crippen LogP) is 3.39. The van der Waals surface area contributed by atoms with Crippen LogP contribution in [0.25, 0.3) is 5.70 Å². The fourth-order valence-electron chi connectivity index (χ4n) is 2.53. The Kier molecular flexibility index (Phi) is 2.87. The second kappa shape index (κ2) is 4.75. The minimum Gasteiger partial charge on any atom is -0.349 e. The van der Waals surface area contributed by atoms with Crippen molar-refractivity contribution in [2.24, 2.45) is 7.05 Å². The summed E-state index contributed by atoms with van der Waals surface area (Å²) in [5, 5.41) is 11.5. The summed E-state index contributed by atoms with van der Waals surface area (Å²) in [5.41, 5.74) is 2.13. The number of hydrogen-bond donors (Lipinski definition) is 1. The summed E-state index contributed by atoms with van der Waals surface area (Å²) in [4.78, 5) is 1.16. The Hall–Kier alpha value is -2.05. The predicted molar refractivity (Wildman–Crippen MR) is 84.5 cm³/mol. The van der Waals surface area contributed by atoms with Crippen molar-refractivity contribution in [3.63, 3.8) is 0 Å². The van der Waals surface area contributed by atoms with E-state index in [4.69, 9.17) is 11.6 Å². The Labute approximate surface area is 130 Å². The number of nitrogens with zero attached hydrogens (tertiary/aromatic N) is 4. The van der Waals surface area contributed by atoms with E-state index in [0.717, 1.165) is 26.6 Å². The lowest BCUT2D eigenvalue weighted by Gasteiger charge is -2.24. The van der Waals surface area contributed by atoms with E-state index in [0.29, 0.717) is 0 Å². The quantitative estimate of drug-likeness (QED) is 0.788. The zero-order valence-corrected chi connectivity index (χ0v) is 12.8. The van der Waals surface area contributed by atoms with Crippen LogP contribution in [0.4, 0.5) is 5.95 Å². The van der Waals surface area contributed by atoms with Gasteiger partial charge in [0.15, 0.2) is 0 Å². The third kappa shape index (κ3) is 2.07. The van der Waals surface area contributed by atoms with E-state index in [-0.39, 0.29) is 6.04 Å². The first-order chi connectivity index (χ1) is 10.2. The number of nitrogens with one attached hydrogen (secondary N) is 1. The standard InChI is InChI=1S/C14H12ClN5S/c1-19-6-2-3-10(19)9-7-11(12-4-5-13(15)21-12)20-8-16-18-14(20)17-9/h2-8,11H,1H3,(H,17,18). The second-order valence-corrected chi connectivity index (χ2v) is 6.60. The molecule has 0 fully saturated rings. The maximum absolute atomic E-state index is 6.08. The van der Waals surface area contributed by atoms with Crippen molar-refractivity contribution < 1.29 is 0 Å². The first kappa shape index (κ1) is 12.7. The van der Waals surface area contributed by atoms with Crippen LogP contribution >= 0.6 is 22.9 Å². The molecular formula is C14H12ClN5S. The van der Waals surface area contributed by atoms with E-state index >= 15 is 0 Å². The van der Waals surface area contributed by atoms with E-state index in [9.17, 15) is 0 Å². The monoisotopic (exact) mass is 317 g/mol. The smallest absolute Gasteiger partial charge is 0.229 e. The highest BCUT2D eigenvalue weighted by Crippen LogP contribution is 2.36. The molecule has 3 aromatic heterocycles. The highest BCUT2D eigenvalue weighted by atomic mass is 35.5. The maximum Gasteiger partial charge on any atom is 0.229 e. The average Bonchev–Trinajstić information content (AvgIpc) is 3.17. The van der Waals surface area contributed by atoms with Crippen molar-refractivity contribution >= 4 is 34.6 Å². The molecule has 0 saturated heterocycles. The van der Waals surface area contributed by atoms with Gasteiger partial charge in [0, 0.05) is 18.1 Å². The van der Waals surface area contributed by atoms with Gasteiger partial charge in [-0.15, -0.1) is 21.5 Å². The molecule has 0 spiro atoms. The van der Waals surface area contributed by atoms with Crippen LogP contribution in [0.15, 0.2) is 42.9 Å². The molecule has 0 aromatic carbocycles. The third-order valence-electron chi connectivity index (χ3n) is 3.55. The number of allylic oxidation sites excluding steroid dienone is 1. The van der Waals surface area contributed by atoms with Gasteiger partial charge in [0.2, 0.25) is 5.95 Å². The van der Waals surface area contributed by atoms with Gasteiger partial charge in [-0.2, -0.15) is 0 Å². The number of anilines is 1. The molecular weight excluding hydrogens is 306 g/mol. The molecule has 0 radical (unpaired) electrons. The molecule has 106 valence electrons. The van der Waals surface area contributed by atoms with Crippen molar-refractivity contribution in [2.45, 2.75) is 6.04 Å². The topological polar surface area (TPSA) is 47.7 Å². The Balaban J connectivity index is 1.84. The Morgan fingerprint density at radius 1 is 1.33 bits per heavy atom. The minimum atomic E-state index is 0.0543. The van der Waals surface area contributed by atoms with Crippen LogP contribution in [-0.2, 0) is 7.05 Å². The zero-order chi connectivity index (χ0) is 14.4. The molecule has 1 unspecified atom stereocenters. The number of halogens is 1. The summed E-state index contributed by atoms with van der Waals surface area (Å²) >= 11 is 7.65. The van der Waals surface area contributed by atoms with Crippen LogP contribution in [0, 0.1) is 0 Å². The normalized spacial score (nSPS) is 17.2. The van der Waals surface area contributed by atoms with Crippen LogP contribution in [0.3, 0.4) is 0 Å². The van der Waals surface area contributed by atoms with Crippen LogP contribution in [0.1, 0.15) is 16.6 Å². The van der Waals surface area contributed by atoms with Crippen molar-refractivity contribution in [3.05, 3.63) is 57.8 Å². The number of fused-ring (bicyclic) bond motifs is 1. The lowest BCUT2D eigenvalue weighted by molar-refractivity contribution is 0.705. The Bertz CT molecular complexity index is 828. The molecule has 1 aliphatic heterocycles. The van der Waals surface area contributed by atoms with Crippen molar-refractivity contribution in [2.75, 3.05) is 5.32 Å². The largest absolute Gasteiger partial charge is 0.349 e. The average molecular weight is 318 g/mol. The summed E-state index contributed by atoms with van der Waals surface area (Å²) in [6.07, 6.45) is 5.93. The van der Waals surface area contributed by atoms with Gasteiger partial charge >= 0.3 is 0 Å². The van der Waals surface area contributed by atoms with Gasteiger partial charge in [0.25, 0.3) is 0 Å². The molecule has 0 saturated carbocycles. The second-order valence-electron chi connectivity index (χ2n) is 4.86. The van der Waals surface area contributed by atoms with Gasteiger partial charge in [-0.25, -0.2) is 0 Å². The molecule has 4 heterocycles. The number of thiophene rings is 1. The lowest BCUT2D eigenvalue weighted by Crippen LogP contribution is -2.18. The molecule has 0 aliphatic carbocycles. The summed E-state index contributed by atoms with van der Waals surface area (Å²) in [7, 11) is 2.02. The first-order valence-corrected chi connectivity index (χ1v) is 7.67. The van der Waals surface area contributed by atoms with E-state index in [1.54, 1.807) is 17.7 Å². The molecule has 0 bridgehead atoms. The van der Waals surface area contributed by atoms with Crippen LogP contribution < -0.4 is 5.32 Å². The van der Waals surface area contributed by atoms with Gasteiger partial charge in [-0.1, -0.05) is 11.6 Å². The van der Waals surface area contributed by atoms with E-state index < -0.39 is 0 Å². The molecule has 5 nitrogen and oxygen atoms in total. The number of rotatable bonds is 2. The lowest BCUT2D eigenvalue weighted by atomic mass is 10.1. The minimum absolute atomic E-state index is 0.0543. The highest BCUT2D eigenvalue weighted by Gasteiger charge is 2.24. The van der Waals surface area contributed by atoms with Crippen LogP contribution in [0.5, 0.6) is 0 Å². The fraction of sp³-hybridized carbons (Fsp3) is 0.143. The van der Waals surface area contributed by atoms with Gasteiger partial charge in [-0.05, 0) is 30.3 Å². The molecule has 1 atom stereocenters. The Morgan fingerprint density at radius 2 is 2.24 bits per heavy atom. The summed E-state index contributed by atoms with van der Waals surface area (Å²) in [5.74, 6) is 0.739. The SMILES string of the molecule is Cn1cccc1C1=CC(c2ccc(Cl)s2)n2cnnc2N1. The molecule has 7 heteroatoms. The molecule has 3 aromatic rings. The maximum atomic E-state index is 6.08. The van der Waals surface area contributed by atoms with Gasteiger partial charge in [0.1, 0.15) is 6.33 Å². The zero-order valence-electron chi connectivity index (χ0n) is 11.2. The summed E-state index contributed by atoms with van der Waals surface area (Å²) < 4.78 is 4.87. The summed E-state index contributed by atoms with van der Waals surface area (Å²) in [6.45, 7) is 0. The number of aromatic nitrogens is 4. The summed E-state index contributed by atoms with van der Waals surface area (Å²) in [6, 6.07) is 8.12. The molecule has 1 aliphatic rings. The molecule has 1 N–H and O–H groups in total. The van der Waals surface area contributed by atoms with Crippen LogP contribution in [0.2, 0.25) is 4.34 Å². The van der Waals surface area contributed by atoms with E-state index in [2.05, 4.69) is 32.2 Å². The molecule has 4 rings (SSSR count). The molecule has 0 amide bonds. The third-order valence-corrected chi connectivity index (χ3v) is 4.85. The number of aryl methyl sites for hydroxylation is 1. The van der Waals surface area contributed by atoms with Crippen molar-refractivity contribution in [1.29, 1.82) is 0 Å².